The Morgan fingerprint density at radius 3 is 2.37 bits per heavy atom. The maximum atomic E-state index is 13.3. The first-order valence-corrected chi connectivity index (χ1v) is 12.7. The van der Waals surface area contributed by atoms with Gasteiger partial charge < -0.3 is 30.1 Å². The lowest BCUT2D eigenvalue weighted by atomic mass is 10.0. The second-order valence-corrected chi connectivity index (χ2v) is 8.91. The van der Waals surface area contributed by atoms with Gasteiger partial charge in [-0.05, 0) is 43.9 Å². The van der Waals surface area contributed by atoms with E-state index in [1.807, 2.05) is 36.4 Å². The molecule has 0 saturated carbocycles. The molecule has 0 aliphatic carbocycles. The van der Waals surface area contributed by atoms with Crippen LogP contribution in [0.3, 0.4) is 0 Å². The number of benzene rings is 1. The summed E-state index contributed by atoms with van der Waals surface area (Å²) in [4.78, 5) is 57.4. The number of amides is 3. The van der Waals surface area contributed by atoms with E-state index in [-0.39, 0.29) is 57.9 Å². The molecular formula is C27H34N4O7. The van der Waals surface area contributed by atoms with Gasteiger partial charge in [0.1, 0.15) is 11.7 Å². The number of aliphatic hydroxyl groups excluding tert-OH is 1. The van der Waals surface area contributed by atoms with E-state index in [1.54, 1.807) is 13.0 Å². The number of pyridine rings is 1. The van der Waals surface area contributed by atoms with Crippen molar-refractivity contribution in [2.75, 3.05) is 39.4 Å². The zero-order chi connectivity index (χ0) is 27.5. The van der Waals surface area contributed by atoms with Gasteiger partial charge in [-0.1, -0.05) is 30.3 Å². The summed E-state index contributed by atoms with van der Waals surface area (Å²) < 4.78 is 5.01. The second-order valence-electron chi connectivity index (χ2n) is 8.91. The molecule has 0 radical (unpaired) electrons. The van der Waals surface area contributed by atoms with Crippen LogP contribution in [-0.2, 0) is 20.7 Å². The number of rotatable bonds is 11. The SMILES string of the molecule is CCOC(=O)N1CCN(C(=O)C(CCC(=O)O)NC(=O)c2cc(CCCO)cc(-c3ccccc3)n2)CC1. The number of aromatic nitrogens is 1. The van der Waals surface area contributed by atoms with E-state index < -0.39 is 29.9 Å². The van der Waals surface area contributed by atoms with Gasteiger partial charge >= 0.3 is 12.1 Å². The Morgan fingerprint density at radius 1 is 1.05 bits per heavy atom. The van der Waals surface area contributed by atoms with Crippen molar-refractivity contribution in [3.05, 3.63) is 53.7 Å². The van der Waals surface area contributed by atoms with E-state index in [0.717, 1.165) is 11.1 Å². The summed E-state index contributed by atoms with van der Waals surface area (Å²) >= 11 is 0. The monoisotopic (exact) mass is 526 g/mol. The molecule has 0 bridgehead atoms. The number of carboxylic acid groups (broad SMARTS) is 1. The van der Waals surface area contributed by atoms with Crippen LogP contribution in [0.1, 0.15) is 42.2 Å². The standard InChI is InChI=1S/C27H34N4O7/c1-2-38-27(37)31-14-12-30(13-15-31)26(36)21(10-11-24(33)34)29-25(35)23-18-19(7-6-16-32)17-22(28-23)20-8-4-3-5-9-20/h3-5,8-9,17-18,21,32H,2,6-7,10-16H2,1H3,(H,29,35)(H,33,34). The predicted molar refractivity (Wildman–Crippen MR) is 138 cm³/mol. The van der Waals surface area contributed by atoms with Crippen LogP contribution < -0.4 is 5.32 Å². The maximum absolute atomic E-state index is 13.3. The zero-order valence-corrected chi connectivity index (χ0v) is 21.5. The third-order valence-corrected chi connectivity index (χ3v) is 6.18. The summed E-state index contributed by atoms with van der Waals surface area (Å²) in [6, 6.07) is 11.7. The van der Waals surface area contributed by atoms with Crippen LogP contribution in [0.5, 0.6) is 0 Å². The number of aliphatic hydroxyl groups is 1. The van der Waals surface area contributed by atoms with E-state index in [9.17, 15) is 29.4 Å². The Hall–Kier alpha value is -3.99. The van der Waals surface area contributed by atoms with E-state index in [4.69, 9.17) is 4.74 Å². The molecular weight excluding hydrogens is 492 g/mol. The number of nitrogens with zero attached hydrogens (tertiary/aromatic N) is 3. The van der Waals surface area contributed by atoms with Crippen molar-refractivity contribution >= 4 is 23.9 Å². The molecule has 1 aromatic heterocycles. The summed E-state index contributed by atoms with van der Waals surface area (Å²) in [5, 5.41) is 21.2. The highest BCUT2D eigenvalue weighted by Gasteiger charge is 2.31. The molecule has 3 amide bonds. The summed E-state index contributed by atoms with van der Waals surface area (Å²) in [5.41, 5.74) is 2.29. The van der Waals surface area contributed by atoms with Crippen LogP contribution in [0, 0.1) is 0 Å². The second kappa shape index (κ2) is 14.1. The fourth-order valence-corrected chi connectivity index (χ4v) is 4.19. The Kier molecular flexibility index (Phi) is 10.6. The molecule has 38 heavy (non-hydrogen) atoms. The van der Waals surface area contributed by atoms with Gasteiger partial charge in [0, 0.05) is 44.8 Å². The van der Waals surface area contributed by atoms with Crippen LogP contribution in [0.15, 0.2) is 42.5 Å². The lowest BCUT2D eigenvalue weighted by Gasteiger charge is -2.35. The largest absolute Gasteiger partial charge is 0.481 e. The molecule has 11 nitrogen and oxygen atoms in total. The number of hydrogen-bond donors (Lipinski definition) is 3. The topological polar surface area (TPSA) is 149 Å². The zero-order valence-electron chi connectivity index (χ0n) is 21.5. The molecule has 1 saturated heterocycles. The van der Waals surface area contributed by atoms with Crippen LogP contribution >= 0.6 is 0 Å². The quantitative estimate of drug-likeness (QED) is 0.402. The van der Waals surface area contributed by atoms with Crippen molar-refractivity contribution < 1.29 is 34.1 Å². The predicted octanol–water partition coefficient (Wildman–Crippen LogP) is 1.94. The molecule has 1 aliphatic heterocycles. The normalized spacial score (nSPS) is 14.1. The fourth-order valence-electron chi connectivity index (χ4n) is 4.19. The van der Waals surface area contributed by atoms with Gasteiger partial charge in [0.2, 0.25) is 5.91 Å². The molecule has 11 heteroatoms. The number of carbonyl (C=O) groups is 4. The maximum Gasteiger partial charge on any atom is 0.409 e. The lowest BCUT2D eigenvalue weighted by molar-refractivity contribution is -0.138. The average Bonchev–Trinajstić information content (AvgIpc) is 2.94. The number of ether oxygens (including phenoxy) is 1. The molecule has 1 fully saturated rings. The molecule has 3 rings (SSSR count). The molecule has 0 spiro atoms. The summed E-state index contributed by atoms with van der Waals surface area (Å²) in [6.07, 6.45) is 0.200. The minimum absolute atomic E-state index is 0.000281. The van der Waals surface area contributed by atoms with E-state index >= 15 is 0 Å². The van der Waals surface area contributed by atoms with Crippen molar-refractivity contribution in [3.8, 4) is 11.3 Å². The van der Waals surface area contributed by atoms with E-state index in [2.05, 4.69) is 10.3 Å². The summed E-state index contributed by atoms with van der Waals surface area (Å²) in [6.45, 7) is 3.00. The van der Waals surface area contributed by atoms with Gasteiger partial charge in [0.05, 0.1) is 12.3 Å². The Morgan fingerprint density at radius 2 is 1.74 bits per heavy atom. The molecule has 1 aromatic carbocycles. The molecule has 1 unspecified atom stereocenters. The van der Waals surface area contributed by atoms with Crippen molar-refractivity contribution in [1.29, 1.82) is 0 Å². The number of carbonyl (C=O) groups excluding carboxylic acids is 3. The van der Waals surface area contributed by atoms with Crippen LogP contribution in [0.4, 0.5) is 4.79 Å². The van der Waals surface area contributed by atoms with Crippen LogP contribution in [0.2, 0.25) is 0 Å². The van der Waals surface area contributed by atoms with Crippen LogP contribution in [-0.4, -0.2) is 94.3 Å². The first kappa shape index (κ1) is 28.6. The number of aliphatic carboxylic acids is 1. The first-order valence-electron chi connectivity index (χ1n) is 12.7. The average molecular weight is 527 g/mol. The van der Waals surface area contributed by atoms with Crippen molar-refractivity contribution in [2.45, 2.75) is 38.6 Å². The first-order chi connectivity index (χ1) is 18.3. The molecule has 2 heterocycles. The van der Waals surface area contributed by atoms with Gasteiger partial charge in [0.25, 0.3) is 5.91 Å². The van der Waals surface area contributed by atoms with Gasteiger partial charge in [-0.3, -0.25) is 14.4 Å². The highest BCUT2D eigenvalue weighted by molar-refractivity contribution is 5.97. The van der Waals surface area contributed by atoms with Crippen molar-refractivity contribution in [1.82, 2.24) is 20.1 Å². The third-order valence-electron chi connectivity index (χ3n) is 6.18. The molecule has 3 N–H and O–H groups in total. The van der Waals surface area contributed by atoms with Crippen molar-refractivity contribution in [3.63, 3.8) is 0 Å². The van der Waals surface area contributed by atoms with Crippen molar-refractivity contribution in [2.24, 2.45) is 0 Å². The van der Waals surface area contributed by atoms with Gasteiger partial charge in [-0.25, -0.2) is 9.78 Å². The van der Waals surface area contributed by atoms with Gasteiger partial charge in [0.15, 0.2) is 0 Å². The van der Waals surface area contributed by atoms with Gasteiger partial charge in [-0.2, -0.15) is 0 Å². The Bertz CT molecular complexity index is 1120. The highest BCUT2D eigenvalue weighted by Crippen LogP contribution is 2.20. The molecule has 1 atom stereocenters. The number of hydrogen-bond acceptors (Lipinski definition) is 7. The van der Waals surface area contributed by atoms with E-state index in [0.29, 0.717) is 18.5 Å². The number of piperazine rings is 1. The minimum atomic E-state index is -1.08. The highest BCUT2D eigenvalue weighted by atomic mass is 16.6. The lowest BCUT2D eigenvalue weighted by Crippen LogP contribution is -2.56. The number of carboxylic acids is 1. The fraction of sp³-hybridized carbons (Fsp3) is 0.444. The number of aryl methyl sites for hydroxylation is 1. The molecule has 204 valence electrons. The Balaban J connectivity index is 1.78. The number of nitrogens with one attached hydrogen (secondary N) is 1. The van der Waals surface area contributed by atoms with Crippen LogP contribution in [0.25, 0.3) is 11.3 Å². The smallest absolute Gasteiger partial charge is 0.409 e. The molecule has 1 aliphatic rings. The van der Waals surface area contributed by atoms with E-state index in [1.165, 1.54) is 9.80 Å². The molecule has 2 aromatic rings. The third kappa shape index (κ3) is 8.01. The summed E-state index contributed by atoms with van der Waals surface area (Å²) in [5.74, 6) is -2.09. The minimum Gasteiger partial charge on any atom is -0.481 e. The summed E-state index contributed by atoms with van der Waals surface area (Å²) in [7, 11) is 0. The Labute approximate surface area is 221 Å². The van der Waals surface area contributed by atoms with Gasteiger partial charge in [-0.15, -0.1) is 0 Å².